The average Bonchev–Trinajstić information content (AvgIpc) is 2.77. The Morgan fingerprint density at radius 2 is 2.18 bits per heavy atom. The van der Waals surface area contributed by atoms with Gasteiger partial charge in [-0.05, 0) is 25.0 Å². The molecule has 0 saturated carbocycles. The molecule has 1 amide bonds. The van der Waals surface area contributed by atoms with Crippen molar-refractivity contribution in [3.05, 3.63) is 57.6 Å². The number of aromatic nitrogens is 2. The number of anilines is 1. The first kappa shape index (κ1) is 24.0. The highest BCUT2D eigenvalue weighted by molar-refractivity contribution is 5.77. The Morgan fingerprint density at radius 1 is 1.39 bits per heavy atom. The third-order valence-corrected chi connectivity index (χ3v) is 4.84. The molecule has 10 nitrogen and oxygen atoms in total. The molecule has 3 rings (SSSR count). The third kappa shape index (κ3) is 6.68. The maximum absolute atomic E-state index is 12.8. The highest BCUT2D eigenvalue weighted by atomic mass is 19.4. The number of hydrogen-bond donors (Lipinski definition) is 4. The summed E-state index contributed by atoms with van der Waals surface area (Å²) in [7, 11) is 0. The summed E-state index contributed by atoms with van der Waals surface area (Å²) in [5, 5.41) is 5.50. The van der Waals surface area contributed by atoms with E-state index in [-0.39, 0.29) is 44.4 Å². The molecule has 0 aliphatic carbocycles. The Kier molecular flexibility index (Phi) is 7.53. The van der Waals surface area contributed by atoms with Gasteiger partial charge in [0, 0.05) is 25.0 Å². The Hall–Kier alpha value is -3.61. The van der Waals surface area contributed by atoms with E-state index in [1.807, 2.05) is 0 Å². The Balaban J connectivity index is 1.57. The molecule has 33 heavy (non-hydrogen) atoms. The maximum atomic E-state index is 12.8. The molecule has 5 N–H and O–H groups in total. The SMILES string of the molecule is Cc1cnc(NCCc2cccc(C(F)(F)F)c2)c(=O)n1CC(=O)NCC1CN=C(N)NO1. The van der Waals surface area contributed by atoms with Gasteiger partial charge >= 0.3 is 6.18 Å². The number of carbonyl (C=O) groups is 1. The molecule has 178 valence electrons. The lowest BCUT2D eigenvalue weighted by Crippen LogP contribution is -2.46. The number of guanidine groups is 1. The second-order valence-electron chi connectivity index (χ2n) is 7.39. The molecule has 1 aliphatic heterocycles. The third-order valence-electron chi connectivity index (χ3n) is 4.84. The van der Waals surface area contributed by atoms with E-state index in [4.69, 9.17) is 10.6 Å². The minimum Gasteiger partial charge on any atom is -0.368 e. The van der Waals surface area contributed by atoms with Crippen molar-refractivity contribution in [2.75, 3.05) is 25.0 Å². The number of hydroxylamine groups is 1. The zero-order valence-electron chi connectivity index (χ0n) is 17.8. The van der Waals surface area contributed by atoms with Crippen LogP contribution in [-0.4, -0.2) is 47.2 Å². The number of hydrogen-bond acceptors (Lipinski definition) is 8. The predicted molar refractivity (Wildman–Crippen MR) is 114 cm³/mol. The maximum Gasteiger partial charge on any atom is 0.416 e. The van der Waals surface area contributed by atoms with Gasteiger partial charge in [0.15, 0.2) is 5.82 Å². The second-order valence-corrected chi connectivity index (χ2v) is 7.39. The van der Waals surface area contributed by atoms with Crippen molar-refractivity contribution in [3.63, 3.8) is 0 Å². The van der Waals surface area contributed by atoms with Crippen LogP contribution in [0.2, 0.25) is 0 Å². The van der Waals surface area contributed by atoms with Crippen molar-refractivity contribution >= 4 is 17.7 Å². The van der Waals surface area contributed by atoms with Crippen LogP contribution in [0.25, 0.3) is 0 Å². The first-order chi connectivity index (χ1) is 15.6. The summed E-state index contributed by atoms with van der Waals surface area (Å²) in [5.41, 5.74) is 7.55. The van der Waals surface area contributed by atoms with Gasteiger partial charge in [-0.2, -0.15) is 13.2 Å². The molecule has 1 atom stereocenters. The molecule has 13 heteroatoms. The van der Waals surface area contributed by atoms with Crippen molar-refractivity contribution < 1.29 is 22.8 Å². The zero-order valence-corrected chi connectivity index (χ0v) is 17.8. The highest BCUT2D eigenvalue weighted by Gasteiger charge is 2.30. The molecule has 2 aromatic rings. The smallest absolute Gasteiger partial charge is 0.368 e. The van der Waals surface area contributed by atoms with Gasteiger partial charge < -0.3 is 16.4 Å². The van der Waals surface area contributed by atoms with E-state index >= 15 is 0 Å². The van der Waals surface area contributed by atoms with Gasteiger partial charge in [0.2, 0.25) is 11.9 Å². The summed E-state index contributed by atoms with van der Waals surface area (Å²) >= 11 is 0. The summed E-state index contributed by atoms with van der Waals surface area (Å²) in [5.74, 6) is -0.248. The molecule has 0 radical (unpaired) electrons. The Bertz CT molecular complexity index is 1090. The summed E-state index contributed by atoms with van der Waals surface area (Å²) in [4.78, 5) is 38.2. The van der Waals surface area contributed by atoms with E-state index in [1.54, 1.807) is 13.0 Å². The van der Waals surface area contributed by atoms with Crippen LogP contribution in [0.4, 0.5) is 19.0 Å². The molecule has 2 heterocycles. The molecule has 1 aromatic heterocycles. The first-order valence-electron chi connectivity index (χ1n) is 10.1. The van der Waals surface area contributed by atoms with Gasteiger partial charge in [0.05, 0.1) is 12.1 Å². The molecule has 0 fully saturated rings. The van der Waals surface area contributed by atoms with Gasteiger partial charge in [-0.3, -0.25) is 19.0 Å². The summed E-state index contributed by atoms with van der Waals surface area (Å²) in [6.45, 7) is 2.05. The average molecular weight is 467 g/mol. The van der Waals surface area contributed by atoms with Crippen LogP contribution in [-0.2, 0) is 28.8 Å². The topological polar surface area (TPSA) is 136 Å². The first-order valence-corrected chi connectivity index (χ1v) is 10.1. The summed E-state index contributed by atoms with van der Waals surface area (Å²) in [6, 6.07) is 4.98. The lowest BCUT2D eigenvalue weighted by molar-refractivity contribution is -0.137. The number of nitrogens with zero attached hydrogens (tertiary/aromatic N) is 3. The van der Waals surface area contributed by atoms with Crippen LogP contribution in [0, 0.1) is 6.92 Å². The van der Waals surface area contributed by atoms with Gasteiger partial charge in [0.25, 0.3) is 5.56 Å². The van der Waals surface area contributed by atoms with Crippen molar-refractivity contribution in [2.45, 2.75) is 32.2 Å². The quantitative estimate of drug-likeness (QED) is 0.445. The lowest BCUT2D eigenvalue weighted by atomic mass is 10.1. The number of nitrogens with one attached hydrogen (secondary N) is 3. The van der Waals surface area contributed by atoms with Crippen molar-refractivity contribution in [2.24, 2.45) is 10.7 Å². The summed E-state index contributed by atoms with van der Waals surface area (Å²) < 4.78 is 39.8. The normalized spacial score (nSPS) is 16.0. The van der Waals surface area contributed by atoms with E-state index in [0.717, 1.165) is 12.1 Å². The van der Waals surface area contributed by atoms with E-state index in [1.165, 1.54) is 16.8 Å². The van der Waals surface area contributed by atoms with Gasteiger partial charge in [0.1, 0.15) is 12.6 Å². The monoisotopic (exact) mass is 467 g/mol. The van der Waals surface area contributed by atoms with E-state index in [2.05, 4.69) is 26.1 Å². The molecule has 0 saturated heterocycles. The summed E-state index contributed by atoms with van der Waals surface area (Å²) in [6.07, 6.45) is -3.13. The van der Waals surface area contributed by atoms with Crippen LogP contribution < -0.4 is 27.4 Å². The van der Waals surface area contributed by atoms with Crippen LogP contribution in [0.15, 0.2) is 40.2 Å². The molecule has 1 unspecified atom stereocenters. The Morgan fingerprint density at radius 3 is 2.88 bits per heavy atom. The van der Waals surface area contributed by atoms with Crippen molar-refractivity contribution in [1.29, 1.82) is 0 Å². The number of carbonyl (C=O) groups excluding carboxylic acids is 1. The fraction of sp³-hybridized carbons (Fsp3) is 0.400. The van der Waals surface area contributed by atoms with Crippen LogP contribution in [0.5, 0.6) is 0 Å². The largest absolute Gasteiger partial charge is 0.416 e. The number of alkyl halides is 3. The Labute approximate surface area is 187 Å². The van der Waals surface area contributed by atoms with Gasteiger partial charge in [-0.1, -0.05) is 18.2 Å². The lowest BCUT2D eigenvalue weighted by Gasteiger charge is -2.21. The zero-order chi connectivity index (χ0) is 24.0. The fourth-order valence-corrected chi connectivity index (χ4v) is 3.06. The highest BCUT2D eigenvalue weighted by Crippen LogP contribution is 2.29. The molecule has 1 aromatic carbocycles. The molecular formula is C20H24F3N7O3. The minimum atomic E-state index is -4.42. The number of rotatable bonds is 8. The predicted octanol–water partition coefficient (Wildman–Crippen LogP) is 0.559. The van der Waals surface area contributed by atoms with Crippen LogP contribution in [0.3, 0.4) is 0 Å². The number of aryl methyl sites for hydroxylation is 1. The molecule has 1 aliphatic rings. The molecule has 0 bridgehead atoms. The second kappa shape index (κ2) is 10.3. The molecular weight excluding hydrogens is 443 g/mol. The fourth-order valence-electron chi connectivity index (χ4n) is 3.06. The number of benzene rings is 1. The minimum absolute atomic E-state index is 0.00463. The van der Waals surface area contributed by atoms with Crippen LogP contribution in [0.1, 0.15) is 16.8 Å². The number of halogens is 3. The number of nitrogens with two attached hydrogens (primary N) is 1. The standard InChI is InChI=1S/C20H24F3N7O3/c1-12-8-27-17(25-6-5-13-3-2-4-14(7-13)20(21,22)23)18(32)30(12)11-16(31)26-9-15-10-28-19(24)29-33-15/h2-4,7-8,15H,5-6,9-11H2,1H3,(H,25,27)(H,26,31)(H3,24,28,29). The van der Waals surface area contributed by atoms with Gasteiger partial charge in [-0.15, -0.1) is 0 Å². The van der Waals surface area contributed by atoms with Gasteiger partial charge in [-0.25, -0.2) is 15.5 Å². The van der Waals surface area contributed by atoms with Crippen molar-refractivity contribution in [3.8, 4) is 0 Å². The number of amides is 1. The van der Waals surface area contributed by atoms with E-state index in [0.29, 0.717) is 11.3 Å². The van der Waals surface area contributed by atoms with E-state index < -0.39 is 29.3 Å². The molecule has 0 spiro atoms. The number of aliphatic imine (C=N–C) groups is 1. The van der Waals surface area contributed by atoms with Crippen LogP contribution >= 0.6 is 0 Å². The van der Waals surface area contributed by atoms with Crippen molar-refractivity contribution in [1.82, 2.24) is 20.3 Å². The van der Waals surface area contributed by atoms with E-state index in [9.17, 15) is 22.8 Å².